The molecule has 0 amide bonds. The summed E-state index contributed by atoms with van der Waals surface area (Å²) in [5.74, 6) is 0. The van der Waals surface area contributed by atoms with Gasteiger partial charge in [0.1, 0.15) is 0 Å². The van der Waals surface area contributed by atoms with Crippen molar-refractivity contribution in [3.05, 3.63) is 11.6 Å². The van der Waals surface area contributed by atoms with Crippen LogP contribution in [0.3, 0.4) is 0 Å². The van der Waals surface area contributed by atoms with Crippen molar-refractivity contribution < 1.29 is 0 Å². The third kappa shape index (κ3) is 3.49. The molecule has 2 heterocycles. The van der Waals surface area contributed by atoms with Gasteiger partial charge in [-0.25, -0.2) is 9.97 Å². The Morgan fingerprint density at radius 1 is 1.30 bits per heavy atom. The fourth-order valence-corrected chi connectivity index (χ4v) is 3.69. The Balaban J connectivity index is 2.12. The molecule has 0 aliphatic carbocycles. The van der Waals surface area contributed by atoms with E-state index in [0.29, 0.717) is 6.04 Å². The van der Waals surface area contributed by atoms with Crippen LogP contribution >= 0.6 is 22.7 Å². The van der Waals surface area contributed by atoms with Crippen LogP contribution < -0.4 is 10.2 Å². The van der Waals surface area contributed by atoms with E-state index in [9.17, 15) is 0 Å². The molecule has 2 aromatic heterocycles. The summed E-state index contributed by atoms with van der Waals surface area (Å²) in [5, 5.41) is 7.59. The van der Waals surface area contributed by atoms with Gasteiger partial charge in [0.2, 0.25) is 0 Å². The van der Waals surface area contributed by atoms with E-state index in [-0.39, 0.29) is 0 Å². The molecule has 1 unspecified atom stereocenters. The van der Waals surface area contributed by atoms with Crippen molar-refractivity contribution in [2.24, 2.45) is 0 Å². The second kappa shape index (κ2) is 7.04. The highest BCUT2D eigenvalue weighted by molar-refractivity contribution is 7.19. The van der Waals surface area contributed by atoms with Crippen LogP contribution in [0.5, 0.6) is 0 Å². The number of anilines is 2. The van der Waals surface area contributed by atoms with Gasteiger partial charge in [-0.05, 0) is 27.2 Å². The van der Waals surface area contributed by atoms with Gasteiger partial charge in [-0.1, -0.05) is 18.3 Å². The molecule has 2 rings (SSSR count). The third-order valence-corrected chi connectivity index (χ3v) is 5.12. The standard InChI is InChI=1S/C14H22N4S2/c1-5-10(4)16-13-17-11(9-19-13)12-8-15-14(20-12)18(6-2)7-3/h8-10H,5-7H2,1-4H3,(H,16,17). The largest absolute Gasteiger partial charge is 0.359 e. The first kappa shape index (κ1) is 15.3. The summed E-state index contributed by atoms with van der Waals surface area (Å²) >= 11 is 3.37. The zero-order valence-corrected chi connectivity index (χ0v) is 14.1. The fourth-order valence-electron chi connectivity index (χ4n) is 1.79. The summed E-state index contributed by atoms with van der Waals surface area (Å²) in [6.45, 7) is 10.6. The predicted molar refractivity (Wildman–Crippen MR) is 90.2 cm³/mol. The number of thiazole rings is 2. The number of nitrogens with zero attached hydrogens (tertiary/aromatic N) is 3. The van der Waals surface area contributed by atoms with Gasteiger partial charge >= 0.3 is 0 Å². The molecule has 1 atom stereocenters. The number of aromatic nitrogens is 2. The van der Waals surface area contributed by atoms with Crippen LogP contribution in [0.25, 0.3) is 10.6 Å². The molecule has 0 aromatic carbocycles. The highest BCUT2D eigenvalue weighted by Gasteiger charge is 2.12. The van der Waals surface area contributed by atoms with Gasteiger partial charge in [0.15, 0.2) is 10.3 Å². The second-order valence-electron chi connectivity index (χ2n) is 4.67. The molecule has 0 saturated heterocycles. The average Bonchev–Trinajstić information content (AvgIpc) is 3.09. The minimum Gasteiger partial charge on any atom is -0.359 e. The van der Waals surface area contributed by atoms with E-state index in [1.165, 1.54) is 0 Å². The van der Waals surface area contributed by atoms with E-state index in [2.05, 4.69) is 53.3 Å². The normalized spacial score (nSPS) is 12.4. The minimum atomic E-state index is 0.460. The highest BCUT2D eigenvalue weighted by Crippen LogP contribution is 2.33. The zero-order valence-electron chi connectivity index (χ0n) is 12.5. The van der Waals surface area contributed by atoms with Crippen molar-refractivity contribution in [3.63, 3.8) is 0 Å². The highest BCUT2D eigenvalue weighted by atomic mass is 32.1. The smallest absolute Gasteiger partial charge is 0.185 e. The van der Waals surface area contributed by atoms with Gasteiger partial charge in [0, 0.05) is 30.7 Å². The minimum absolute atomic E-state index is 0.460. The Morgan fingerprint density at radius 2 is 2.05 bits per heavy atom. The summed E-state index contributed by atoms with van der Waals surface area (Å²) in [4.78, 5) is 12.6. The van der Waals surface area contributed by atoms with Gasteiger partial charge < -0.3 is 10.2 Å². The van der Waals surface area contributed by atoms with Crippen LogP contribution in [0.15, 0.2) is 11.6 Å². The van der Waals surface area contributed by atoms with Crippen LogP contribution in [0.1, 0.15) is 34.1 Å². The summed E-state index contributed by atoms with van der Waals surface area (Å²) in [7, 11) is 0. The Kier molecular flexibility index (Phi) is 5.37. The topological polar surface area (TPSA) is 41.1 Å². The van der Waals surface area contributed by atoms with E-state index in [1.54, 1.807) is 22.7 Å². The van der Waals surface area contributed by atoms with Crippen LogP contribution in [-0.2, 0) is 0 Å². The lowest BCUT2D eigenvalue weighted by Gasteiger charge is -2.16. The number of hydrogen-bond donors (Lipinski definition) is 1. The maximum Gasteiger partial charge on any atom is 0.185 e. The lowest BCUT2D eigenvalue weighted by atomic mass is 10.3. The number of hydrogen-bond acceptors (Lipinski definition) is 6. The van der Waals surface area contributed by atoms with Crippen LogP contribution in [0, 0.1) is 0 Å². The zero-order chi connectivity index (χ0) is 14.5. The van der Waals surface area contributed by atoms with Gasteiger partial charge in [-0.3, -0.25) is 0 Å². The van der Waals surface area contributed by atoms with Gasteiger partial charge in [0.05, 0.1) is 10.6 Å². The first-order valence-corrected chi connectivity index (χ1v) is 8.80. The van der Waals surface area contributed by atoms with Crippen LogP contribution in [0.4, 0.5) is 10.3 Å². The van der Waals surface area contributed by atoms with Gasteiger partial charge in [0.25, 0.3) is 0 Å². The third-order valence-electron chi connectivity index (χ3n) is 3.27. The molecule has 0 saturated carbocycles. The van der Waals surface area contributed by atoms with E-state index in [0.717, 1.165) is 40.3 Å². The van der Waals surface area contributed by atoms with Crippen molar-refractivity contribution >= 4 is 32.9 Å². The molecule has 20 heavy (non-hydrogen) atoms. The molecule has 4 nitrogen and oxygen atoms in total. The molecule has 6 heteroatoms. The fraction of sp³-hybridized carbons (Fsp3) is 0.571. The maximum absolute atomic E-state index is 4.65. The van der Waals surface area contributed by atoms with E-state index in [1.807, 2.05) is 6.20 Å². The quantitative estimate of drug-likeness (QED) is 0.826. The lowest BCUT2D eigenvalue weighted by molar-refractivity contribution is 0.763. The molecule has 0 radical (unpaired) electrons. The molecule has 1 N–H and O–H groups in total. The van der Waals surface area contributed by atoms with E-state index >= 15 is 0 Å². The molecule has 0 spiro atoms. The van der Waals surface area contributed by atoms with Crippen molar-refractivity contribution in [2.75, 3.05) is 23.3 Å². The van der Waals surface area contributed by atoms with Gasteiger partial charge in [-0.2, -0.15) is 0 Å². The Labute approximate surface area is 128 Å². The molecule has 110 valence electrons. The Bertz CT molecular complexity index is 531. The lowest BCUT2D eigenvalue weighted by Crippen LogP contribution is -2.21. The number of nitrogens with one attached hydrogen (secondary N) is 1. The summed E-state index contributed by atoms with van der Waals surface area (Å²) in [6, 6.07) is 0.460. The molecular formula is C14H22N4S2. The van der Waals surface area contributed by atoms with E-state index < -0.39 is 0 Å². The number of rotatable bonds is 7. The Hall–Kier alpha value is -1.14. The van der Waals surface area contributed by atoms with Crippen molar-refractivity contribution in [1.29, 1.82) is 0 Å². The van der Waals surface area contributed by atoms with Crippen molar-refractivity contribution in [2.45, 2.75) is 40.2 Å². The molecule has 0 aliphatic heterocycles. The predicted octanol–water partition coefficient (Wildman–Crippen LogP) is 4.32. The molecule has 0 fully saturated rings. The SMILES string of the molecule is CCC(C)Nc1nc(-c2cnc(N(CC)CC)s2)cs1. The van der Waals surface area contributed by atoms with E-state index in [4.69, 9.17) is 0 Å². The average molecular weight is 310 g/mol. The molecular weight excluding hydrogens is 288 g/mol. The van der Waals surface area contributed by atoms with Gasteiger partial charge in [-0.15, -0.1) is 11.3 Å². The molecule has 2 aromatic rings. The second-order valence-corrected chi connectivity index (χ2v) is 6.54. The monoisotopic (exact) mass is 310 g/mol. The maximum atomic E-state index is 4.65. The summed E-state index contributed by atoms with van der Waals surface area (Å²) in [6.07, 6.45) is 3.03. The molecule has 0 aliphatic rings. The molecule has 0 bridgehead atoms. The van der Waals surface area contributed by atoms with Crippen LogP contribution in [-0.4, -0.2) is 29.1 Å². The van der Waals surface area contributed by atoms with Crippen molar-refractivity contribution in [3.8, 4) is 10.6 Å². The van der Waals surface area contributed by atoms with Crippen molar-refractivity contribution in [1.82, 2.24) is 9.97 Å². The summed E-state index contributed by atoms with van der Waals surface area (Å²) in [5.41, 5.74) is 1.02. The first-order chi connectivity index (χ1) is 9.67. The summed E-state index contributed by atoms with van der Waals surface area (Å²) < 4.78 is 0. The van der Waals surface area contributed by atoms with Crippen LogP contribution in [0.2, 0.25) is 0 Å². The Morgan fingerprint density at radius 3 is 2.70 bits per heavy atom. The first-order valence-electron chi connectivity index (χ1n) is 7.11.